The Morgan fingerprint density at radius 3 is 3.00 bits per heavy atom. The molecule has 0 atom stereocenters. The Balaban J connectivity index is 1.87. The summed E-state index contributed by atoms with van der Waals surface area (Å²) in [5, 5.41) is 6.82. The van der Waals surface area contributed by atoms with Gasteiger partial charge < -0.3 is 10.3 Å². The molecule has 2 aromatic rings. The van der Waals surface area contributed by atoms with Gasteiger partial charge in [0.1, 0.15) is 5.69 Å². The SMILES string of the molecule is Cc1cnn(CCNC(=O)c2cccc(=O)[nH]2)c1. The van der Waals surface area contributed by atoms with Crippen molar-refractivity contribution >= 4 is 5.91 Å². The van der Waals surface area contributed by atoms with E-state index < -0.39 is 0 Å². The van der Waals surface area contributed by atoms with Crippen LogP contribution in [-0.4, -0.2) is 27.2 Å². The molecule has 6 nitrogen and oxygen atoms in total. The van der Waals surface area contributed by atoms with Crippen LogP contribution < -0.4 is 10.9 Å². The molecule has 0 saturated heterocycles. The quantitative estimate of drug-likeness (QED) is 0.814. The molecular formula is C12H14N4O2. The average Bonchev–Trinajstić information content (AvgIpc) is 2.75. The van der Waals surface area contributed by atoms with Crippen molar-refractivity contribution < 1.29 is 4.79 Å². The largest absolute Gasteiger partial charge is 0.349 e. The van der Waals surface area contributed by atoms with E-state index in [2.05, 4.69) is 15.4 Å². The third-order valence-corrected chi connectivity index (χ3v) is 2.40. The molecule has 0 aliphatic heterocycles. The number of carbonyl (C=O) groups is 1. The van der Waals surface area contributed by atoms with E-state index in [1.165, 1.54) is 6.07 Å². The van der Waals surface area contributed by atoms with Crippen LogP contribution in [-0.2, 0) is 6.54 Å². The van der Waals surface area contributed by atoms with Crippen LogP contribution in [0.1, 0.15) is 16.1 Å². The van der Waals surface area contributed by atoms with Gasteiger partial charge in [-0.25, -0.2) is 0 Å². The molecule has 0 radical (unpaired) electrons. The number of aromatic amines is 1. The molecule has 0 spiro atoms. The third-order valence-electron chi connectivity index (χ3n) is 2.40. The molecule has 0 fully saturated rings. The van der Waals surface area contributed by atoms with Crippen molar-refractivity contribution in [2.24, 2.45) is 0 Å². The highest BCUT2D eigenvalue weighted by atomic mass is 16.2. The highest BCUT2D eigenvalue weighted by molar-refractivity contribution is 5.92. The van der Waals surface area contributed by atoms with E-state index in [1.54, 1.807) is 23.0 Å². The van der Waals surface area contributed by atoms with Crippen molar-refractivity contribution in [3.8, 4) is 0 Å². The average molecular weight is 246 g/mol. The Kier molecular flexibility index (Phi) is 3.57. The molecule has 0 aliphatic carbocycles. The number of aromatic nitrogens is 3. The number of aryl methyl sites for hydroxylation is 1. The maximum absolute atomic E-state index is 11.7. The molecule has 6 heteroatoms. The summed E-state index contributed by atoms with van der Waals surface area (Å²) in [7, 11) is 0. The lowest BCUT2D eigenvalue weighted by atomic mass is 10.3. The first kappa shape index (κ1) is 12.1. The Bertz CT molecular complexity index is 600. The maximum atomic E-state index is 11.7. The third kappa shape index (κ3) is 3.07. The van der Waals surface area contributed by atoms with E-state index in [0.717, 1.165) is 5.56 Å². The molecule has 2 aromatic heterocycles. The number of nitrogens with zero attached hydrogens (tertiary/aromatic N) is 2. The van der Waals surface area contributed by atoms with E-state index in [9.17, 15) is 9.59 Å². The molecule has 2 N–H and O–H groups in total. The lowest BCUT2D eigenvalue weighted by molar-refractivity contribution is 0.0946. The number of nitrogens with one attached hydrogen (secondary N) is 2. The highest BCUT2D eigenvalue weighted by Crippen LogP contribution is 1.94. The minimum absolute atomic E-state index is 0.263. The van der Waals surface area contributed by atoms with Gasteiger partial charge in [0.2, 0.25) is 5.56 Å². The normalized spacial score (nSPS) is 10.3. The van der Waals surface area contributed by atoms with E-state index >= 15 is 0 Å². The van der Waals surface area contributed by atoms with Crippen LogP contribution in [0.4, 0.5) is 0 Å². The Labute approximate surface area is 104 Å². The zero-order chi connectivity index (χ0) is 13.0. The summed E-state index contributed by atoms with van der Waals surface area (Å²) in [5.41, 5.74) is 1.05. The molecule has 0 bridgehead atoms. The first-order valence-electron chi connectivity index (χ1n) is 5.62. The van der Waals surface area contributed by atoms with Gasteiger partial charge in [-0.3, -0.25) is 14.3 Å². The monoisotopic (exact) mass is 246 g/mol. The summed E-state index contributed by atoms with van der Waals surface area (Å²) in [6, 6.07) is 4.47. The van der Waals surface area contributed by atoms with Crippen LogP contribution in [0.15, 0.2) is 35.4 Å². The number of pyridine rings is 1. The van der Waals surface area contributed by atoms with Crippen molar-refractivity contribution in [2.45, 2.75) is 13.5 Å². The standard InChI is InChI=1S/C12H14N4O2/c1-9-7-14-16(8-9)6-5-13-12(18)10-3-2-4-11(17)15-10/h2-4,7-8H,5-6H2,1H3,(H,13,18)(H,15,17). The summed E-state index contributed by atoms with van der Waals surface area (Å²) in [6.45, 7) is 3.00. The summed E-state index contributed by atoms with van der Waals surface area (Å²) in [4.78, 5) is 25.2. The van der Waals surface area contributed by atoms with Gasteiger partial charge in [-0.1, -0.05) is 6.07 Å². The summed E-state index contributed by atoms with van der Waals surface area (Å²) < 4.78 is 1.75. The Hall–Kier alpha value is -2.37. The fraction of sp³-hybridized carbons (Fsp3) is 0.250. The summed E-state index contributed by atoms with van der Waals surface area (Å²) >= 11 is 0. The lowest BCUT2D eigenvalue weighted by Gasteiger charge is -2.05. The van der Waals surface area contributed by atoms with Gasteiger partial charge in [0, 0.05) is 18.8 Å². The second-order valence-electron chi connectivity index (χ2n) is 3.97. The van der Waals surface area contributed by atoms with Gasteiger partial charge in [-0.05, 0) is 18.6 Å². The van der Waals surface area contributed by atoms with Gasteiger partial charge in [-0.15, -0.1) is 0 Å². The molecule has 18 heavy (non-hydrogen) atoms. The van der Waals surface area contributed by atoms with E-state index in [0.29, 0.717) is 13.1 Å². The predicted octanol–water partition coefficient (Wildman–Crippen LogP) is 0.310. The first-order chi connectivity index (χ1) is 8.65. The Morgan fingerprint density at radius 1 is 1.50 bits per heavy atom. The van der Waals surface area contributed by atoms with Crippen molar-refractivity contribution in [3.63, 3.8) is 0 Å². The van der Waals surface area contributed by atoms with Crippen molar-refractivity contribution in [1.29, 1.82) is 0 Å². The van der Waals surface area contributed by atoms with Crippen molar-refractivity contribution in [3.05, 3.63) is 52.2 Å². The van der Waals surface area contributed by atoms with Gasteiger partial charge in [0.15, 0.2) is 0 Å². The minimum Gasteiger partial charge on any atom is -0.349 e. The van der Waals surface area contributed by atoms with Crippen molar-refractivity contribution in [2.75, 3.05) is 6.54 Å². The fourth-order valence-corrected chi connectivity index (χ4v) is 1.55. The number of rotatable bonds is 4. The fourth-order valence-electron chi connectivity index (χ4n) is 1.55. The molecule has 94 valence electrons. The molecule has 2 heterocycles. The molecule has 0 aliphatic rings. The number of hydrogen-bond donors (Lipinski definition) is 2. The summed E-state index contributed by atoms with van der Waals surface area (Å²) in [6.07, 6.45) is 3.66. The molecule has 0 aromatic carbocycles. The maximum Gasteiger partial charge on any atom is 0.267 e. The number of hydrogen-bond acceptors (Lipinski definition) is 3. The van der Waals surface area contributed by atoms with Gasteiger partial charge in [-0.2, -0.15) is 5.10 Å². The molecular weight excluding hydrogens is 232 g/mol. The molecule has 0 unspecified atom stereocenters. The number of H-pyrrole nitrogens is 1. The zero-order valence-corrected chi connectivity index (χ0v) is 10.0. The zero-order valence-electron chi connectivity index (χ0n) is 10.0. The topological polar surface area (TPSA) is 79.8 Å². The number of amides is 1. The second-order valence-corrected chi connectivity index (χ2v) is 3.97. The predicted molar refractivity (Wildman–Crippen MR) is 66.4 cm³/mol. The number of carbonyl (C=O) groups excluding carboxylic acids is 1. The van der Waals surface area contributed by atoms with E-state index in [1.807, 2.05) is 13.1 Å². The molecule has 1 amide bonds. The van der Waals surface area contributed by atoms with Crippen LogP contribution in [0.3, 0.4) is 0 Å². The van der Waals surface area contributed by atoms with Gasteiger partial charge in [0.25, 0.3) is 5.91 Å². The van der Waals surface area contributed by atoms with Gasteiger partial charge in [0.05, 0.1) is 12.7 Å². The Morgan fingerprint density at radius 2 is 2.33 bits per heavy atom. The van der Waals surface area contributed by atoms with Crippen LogP contribution in [0, 0.1) is 6.92 Å². The lowest BCUT2D eigenvalue weighted by Crippen LogP contribution is -2.29. The smallest absolute Gasteiger partial charge is 0.267 e. The first-order valence-corrected chi connectivity index (χ1v) is 5.62. The van der Waals surface area contributed by atoms with Crippen LogP contribution in [0.25, 0.3) is 0 Å². The summed E-state index contributed by atoms with van der Waals surface area (Å²) in [5.74, 6) is -0.295. The second kappa shape index (κ2) is 5.31. The molecule has 0 saturated carbocycles. The van der Waals surface area contributed by atoms with Crippen molar-refractivity contribution in [1.82, 2.24) is 20.1 Å². The highest BCUT2D eigenvalue weighted by Gasteiger charge is 2.05. The van der Waals surface area contributed by atoms with E-state index in [-0.39, 0.29) is 17.2 Å². The van der Waals surface area contributed by atoms with Crippen LogP contribution in [0.5, 0.6) is 0 Å². The van der Waals surface area contributed by atoms with E-state index in [4.69, 9.17) is 0 Å². The van der Waals surface area contributed by atoms with Crippen LogP contribution in [0.2, 0.25) is 0 Å². The molecule has 2 rings (SSSR count). The van der Waals surface area contributed by atoms with Gasteiger partial charge >= 0.3 is 0 Å². The van der Waals surface area contributed by atoms with Crippen LogP contribution >= 0.6 is 0 Å². The minimum atomic E-state index is -0.295.